The van der Waals surface area contributed by atoms with Crippen molar-refractivity contribution in [3.05, 3.63) is 70.2 Å². The fourth-order valence-corrected chi connectivity index (χ4v) is 4.06. The first-order valence-corrected chi connectivity index (χ1v) is 11.6. The first kappa shape index (κ1) is 22.6. The molecule has 162 valence electrons. The Balaban J connectivity index is 1.81. The third-order valence-electron chi connectivity index (χ3n) is 4.69. The van der Waals surface area contributed by atoms with Crippen LogP contribution in [0.25, 0.3) is 0 Å². The molecule has 0 N–H and O–H groups in total. The fraction of sp³-hybridized carbons (Fsp3) is 0.238. The highest BCUT2D eigenvalue weighted by molar-refractivity contribution is 7.90. The van der Waals surface area contributed by atoms with Crippen LogP contribution in [0.15, 0.2) is 48.5 Å². The van der Waals surface area contributed by atoms with E-state index in [-0.39, 0.29) is 28.1 Å². The molecule has 1 unspecified atom stereocenters. The Bertz CT molecular complexity index is 1140. The lowest BCUT2D eigenvalue weighted by Gasteiger charge is -2.24. The number of Topliss-reactive ketones (excluding diaryl/α,β-unsaturated/α-hetero) is 1. The summed E-state index contributed by atoms with van der Waals surface area (Å²) < 4.78 is 28.3. The number of hydrogen-bond donors (Lipinski definition) is 0. The van der Waals surface area contributed by atoms with E-state index < -0.39 is 51.8 Å². The standard InChI is InChI=1S/C21H18ClNO7S/c1-31(28,29)11-10-17(23-19(25)13-6-2-3-7-14(13)20(23)26)21(27)30-12-18(24)15-8-4-5-9-16(15)22/h2-9,17H,10-12H2,1H3. The molecule has 3 rings (SSSR count). The summed E-state index contributed by atoms with van der Waals surface area (Å²) in [6, 6.07) is 10.7. The number of rotatable bonds is 8. The Morgan fingerprint density at radius 1 is 1.00 bits per heavy atom. The van der Waals surface area contributed by atoms with Crippen molar-refractivity contribution in [2.75, 3.05) is 18.6 Å². The maximum absolute atomic E-state index is 12.8. The zero-order valence-corrected chi connectivity index (χ0v) is 18.0. The highest BCUT2D eigenvalue weighted by Crippen LogP contribution is 2.26. The van der Waals surface area contributed by atoms with Crippen LogP contribution in [0.3, 0.4) is 0 Å². The van der Waals surface area contributed by atoms with Crippen LogP contribution in [0.1, 0.15) is 37.5 Å². The summed E-state index contributed by atoms with van der Waals surface area (Å²) in [6.07, 6.45) is 0.613. The number of amides is 2. The van der Waals surface area contributed by atoms with Gasteiger partial charge in [0.25, 0.3) is 11.8 Å². The second kappa shape index (κ2) is 8.99. The monoisotopic (exact) mass is 463 g/mol. The number of ether oxygens (including phenoxy) is 1. The SMILES string of the molecule is CS(=O)(=O)CCC(C(=O)OCC(=O)c1ccccc1Cl)N1C(=O)c2ccccc2C1=O. The Labute approximate surface area is 183 Å². The molecule has 1 atom stereocenters. The van der Waals surface area contributed by atoms with Gasteiger partial charge in [-0.3, -0.25) is 19.3 Å². The quantitative estimate of drug-likeness (QED) is 0.334. The van der Waals surface area contributed by atoms with Gasteiger partial charge in [-0.1, -0.05) is 35.9 Å². The number of carbonyl (C=O) groups excluding carboxylic acids is 4. The van der Waals surface area contributed by atoms with E-state index in [4.69, 9.17) is 16.3 Å². The predicted molar refractivity (Wildman–Crippen MR) is 112 cm³/mol. The number of sulfone groups is 1. The van der Waals surface area contributed by atoms with E-state index in [0.717, 1.165) is 6.26 Å². The molecule has 31 heavy (non-hydrogen) atoms. The summed E-state index contributed by atoms with van der Waals surface area (Å²) in [5.41, 5.74) is 0.360. The Morgan fingerprint density at radius 3 is 2.10 bits per heavy atom. The molecule has 2 aromatic rings. The van der Waals surface area contributed by atoms with Gasteiger partial charge in [-0.05, 0) is 30.7 Å². The van der Waals surface area contributed by atoms with Crippen LogP contribution in [-0.4, -0.2) is 61.5 Å². The van der Waals surface area contributed by atoms with Gasteiger partial charge in [0.05, 0.1) is 21.9 Å². The van der Waals surface area contributed by atoms with Crippen LogP contribution in [-0.2, 0) is 19.4 Å². The van der Waals surface area contributed by atoms with E-state index in [9.17, 15) is 27.6 Å². The van der Waals surface area contributed by atoms with Gasteiger partial charge in [0.15, 0.2) is 6.61 Å². The highest BCUT2D eigenvalue weighted by Gasteiger charge is 2.43. The number of benzene rings is 2. The van der Waals surface area contributed by atoms with Gasteiger partial charge in [0.2, 0.25) is 5.78 Å². The summed E-state index contributed by atoms with van der Waals surface area (Å²) >= 11 is 5.96. The lowest BCUT2D eigenvalue weighted by atomic mass is 10.1. The van der Waals surface area contributed by atoms with Gasteiger partial charge >= 0.3 is 5.97 Å². The zero-order chi connectivity index (χ0) is 22.8. The summed E-state index contributed by atoms with van der Waals surface area (Å²) in [7, 11) is -3.51. The minimum absolute atomic E-state index is 0.108. The van der Waals surface area contributed by atoms with Gasteiger partial charge in [-0.15, -0.1) is 0 Å². The van der Waals surface area contributed by atoms with Crippen molar-refractivity contribution in [3.8, 4) is 0 Å². The van der Waals surface area contributed by atoms with E-state index in [2.05, 4.69) is 0 Å². The van der Waals surface area contributed by atoms with Crippen LogP contribution < -0.4 is 0 Å². The third-order valence-corrected chi connectivity index (χ3v) is 6.00. The van der Waals surface area contributed by atoms with E-state index in [1.807, 2.05) is 0 Å². The molecule has 1 aliphatic rings. The second-order valence-electron chi connectivity index (χ2n) is 6.97. The van der Waals surface area contributed by atoms with Crippen molar-refractivity contribution in [2.45, 2.75) is 12.5 Å². The average Bonchev–Trinajstić information content (AvgIpc) is 2.97. The minimum Gasteiger partial charge on any atom is -0.456 e. The molecular formula is C21H18ClNO7S. The number of carbonyl (C=O) groups is 4. The Hall–Kier alpha value is -3.04. The van der Waals surface area contributed by atoms with Crippen molar-refractivity contribution >= 4 is 45.0 Å². The molecule has 2 amide bonds. The van der Waals surface area contributed by atoms with Crippen molar-refractivity contribution in [1.29, 1.82) is 0 Å². The molecule has 1 heterocycles. The molecule has 0 aromatic heterocycles. The van der Waals surface area contributed by atoms with E-state index in [0.29, 0.717) is 4.90 Å². The van der Waals surface area contributed by atoms with Crippen LogP contribution in [0, 0.1) is 0 Å². The van der Waals surface area contributed by atoms with E-state index in [1.54, 1.807) is 24.3 Å². The second-order valence-corrected chi connectivity index (χ2v) is 9.64. The topological polar surface area (TPSA) is 115 Å². The summed E-state index contributed by atoms with van der Waals surface area (Å²) in [5, 5.41) is 0.178. The lowest BCUT2D eigenvalue weighted by molar-refractivity contribution is -0.147. The van der Waals surface area contributed by atoms with Crippen LogP contribution in [0.2, 0.25) is 5.02 Å². The first-order valence-electron chi connectivity index (χ1n) is 9.19. The molecule has 2 aromatic carbocycles. The molecule has 0 saturated carbocycles. The van der Waals surface area contributed by atoms with Crippen LogP contribution in [0.4, 0.5) is 0 Å². The maximum Gasteiger partial charge on any atom is 0.329 e. The number of nitrogens with zero attached hydrogens (tertiary/aromatic N) is 1. The van der Waals surface area contributed by atoms with Gasteiger partial charge in [-0.25, -0.2) is 13.2 Å². The van der Waals surface area contributed by atoms with Crippen LogP contribution in [0.5, 0.6) is 0 Å². The summed E-state index contributed by atoms with van der Waals surface area (Å²) in [5.74, 6) is -3.55. The number of halogens is 1. The number of esters is 1. The molecule has 10 heteroatoms. The van der Waals surface area contributed by atoms with Gasteiger partial charge in [-0.2, -0.15) is 0 Å². The number of fused-ring (bicyclic) bond motifs is 1. The molecule has 0 saturated heterocycles. The minimum atomic E-state index is -3.51. The van der Waals surface area contributed by atoms with Crippen LogP contribution >= 0.6 is 11.6 Å². The van der Waals surface area contributed by atoms with Crippen molar-refractivity contribution in [3.63, 3.8) is 0 Å². The maximum atomic E-state index is 12.8. The molecule has 0 bridgehead atoms. The average molecular weight is 464 g/mol. The molecule has 8 nitrogen and oxygen atoms in total. The Kier molecular flexibility index (Phi) is 6.56. The summed E-state index contributed by atoms with van der Waals surface area (Å²) in [4.78, 5) is 51.3. The molecular weight excluding hydrogens is 446 g/mol. The molecule has 0 fully saturated rings. The predicted octanol–water partition coefficient (Wildman–Crippen LogP) is 2.17. The van der Waals surface area contributed by atoms with E-state index in [1.165, 1.54) is 24.3 Å². The van der Waals surface area contributed by atoms with Gasteiger partial charge < -0.3 is 4.74 Å². The van der Waals surface area contributed by atoms with Crippen molar-refractivity contribution in [2.24, 2.45) is 0 Å². The lowest BCUT2D eigenvalue weighted by Crippen LogP contribution is -2.46. The number of ketones is 1. The molecule has 0 radical (unpaired) electrons. The number of imide groups is 1. The molecule has 0 spiro atoms. The molecule has 0 aliphatic carbocycles. The first-order chi connectivity index (χ1) is 14.6. The largest absolute Gasteiger partial charge is 0.456 e. The van der Waals surface area contributed by atoms with Crippen molar-refractivity contribution in [1.82, 2.24) is 4.90 Å². The Morgan fingerprint density at radius 2 is 1.55 bits per heavy atom. The van der Waals surface area contributed by atoms with Crippen molar-refractivity contribution < 1.29 is 32.3 Å². The zero-order valence-electron chi connectivity index (χ0n) is 16.4. The molecule has 1 aliphatic heterocycles. The van der Waals surface area contributed by atoms with E-state index >= 15 is 0 Å². The normalized spacial score (nSPS) is 14.3. The fourth-order valence-electron chi connectivity index (χ4n) is 3.17. The number of hydrogen-bond acceptors (Lipinski definition) is 7. The van der Waals surface area contributed by atoms with Gasteiger partial charge in [0, 0.05) is 11.8 Å². The summed E-state index contributed by atoms with van der Waals surface area (Å²) in [6.45, 7) is -0.679. The third kappa shape index (κ3) is 5.00. The van der Waals surface area contributed by atoms with Gasteiger partial charge in [0.1, 0.15) is 15.9 Å². The highest BCUT2D eigenvalue weighted by atomic mass is 35.5. The smallest absolute Gasteiger partial charge is 0.329 e.